The molecule has 31 heavy (non-hydrogen) atoms. The number of hydrogen-bond donors (Lipinski definition) is 2. The second-order valence-electron chi connectivity index (χ2n) is 7.64. The number of nitrogens with one attached hydrogen (secondary N) is 2. The molecule has 0 aromatic heterocycles. The monoisotopic (exact) mass is 444 g/mol. The molecule has 0 heterocycles. The number of amides is 1. The van der Waals surface area contributed by atoms with Crippen LogP contribution < -0.4 is 10.6 Å². The fourth-order valence-corrected chi connectivity index (χ4v) is 4.14. The SMILES string of the molecule is CCNC(=NCc1ccc(S(C)(=O)=O)c(C)c1)NCCc1cccc(C(=O)N(C)C)c1. The zero-order valence-corrected chi connectivity index (χ0v) is 19.7. The number of guanidine groups is 1. The molecule has 2 N–H and O–H groups in total. The molecule has 0 spiro atoms. The summed E-state index contributed by atoms with van der Waals surface area (Å²) in [5.41, 5.74) is 3.41. The minimum atomic E-state index is -3.23. The van der Waals surface area contributed by atoms with Crippen molar-refractivity contribution in [3.63, 3.8) is 0 Å². The van der Waals surface area contributed by atoms with Crippen LogP contribution in [0.25, 0.3) is 0 Å². The van der Waals surface area contributed by atoms with Gasteiger partial charge in [0, 0.05) is 39.0 Å². The van der Waals surface area contributed by atoms with Gasteiger partial charge < -0.3 is 15.5 Å². The first-order chi connectivity index (χ1) is 14.6. The molecule has 0 fully saturated rings. The van der Waals surface area contributed by atoms with Crippen molar-refractivity contribution >= 4 is 21.7 Å². The summed E-state index contributed by atoms with van der Waals surface area (Å²) >= 11 is 0. The van der Waals surface area contributed by atoms with Crippen LogP contribution in [0.1, 0.15) is 34.0 Å². The number of carbonyl (C=O) groups is 1. The van der Waals surface area contributed by atoms with Crippen molar-refractivity contribution in [3.8, 4) is 0 Å². The predicted molar refractivity (Wildman–Crippen MR) is 125 cm³/mol. The van der Waals surface area contributed by atoms with Crippen LogP contribution in [0.2, 0.25) is 0 Å². The number of sulfone groups is 1. The Bertz CT molecular complexity index is 1050. The molecule has 0 unspecified atom stereocenters. The van der Waals surface area contributed by atoms with Gasteiger partial charge in [0.05, 0.1) is 11.4 Å². The van der Waals surface area contributed by atoms with Crippen molar-refractivity contribution in [2.75, 3.05) is 33.4 Å². The Kier molecular flexibility index (Phi) is 8.62. The average molecular weight is 445 g/mol. The van der Waals surface area contributed by atoms with E-state index in [1.54, 1.807) is 38.1 Å². The predicted octanol–water partition coefficient (Wildman–Crippen LogP) is 2.40. The van der Waals surface area contributed by atoms with Gasteiger partial charge in [-0.3, -0.25) is 4.79 Å². The summed E-state index contributed by atoms with van der Waals surface area (Å²) < 4.78 is 23.5. The topological polar surface area (TPSA) is 90.9 Å². The van der Waals surface area contributed by atoms with Gasteiger partial charge in [0.1, 0.15) is 0 Å². The molecule has 8 heteroatoms. The lowest BCUT2D eigenvalue weighted by molar-refractivity contribution is 0.0827. The number of nitrogens with zero attached hydrogens (tertiary/aromatic N) is 2. The number of carbonyl (C=O) groups excluding carboxylic acids is 1. The van der Waals surface area contributed by atoms with Crippen molar-refractivity contribution in [3.05, 3.63) is 64.7 Å². The highest BCUT2D eigenvalue weighted by Crippen LogP contribution is 2.17. The molecule has 0 radical (unpaired) electrons. The first-order valence-corrected chi connectivity index (χ1v) is 12.1. The van der Waals surface area contributed by atoms with Gasteiger partial charge in [0.15, 0.2) is 15.8 Å². The van der Waals surface area contributed by atoms with Crippen LogP contribution in [0.5, 0.6) is 0 Å². The van der Waals surface area contributed by atoms with Crippen molar-refractivity contribution in [1.29, 1.82) is 0 Å². The molecule has 2 aromatic carbocycles. The average Bonchev–Trinajstić information content (AvgIpc) is 2.70. The Labute approximate surface area is 185 Å². The summed E-state index contributed by atoms with van der Waals surface area (Å²) in [5.74, 6) is 0.676. The summed E-state index contributed by atoms with van der Waals surface area (Å²) in [6.45, 7) is 5.62. The second-order valence-corrected chi connectivity index (χ2v) is 9.63. The van der Waals surface area contributed by atoms with Crippen LogP contribution in [0.15, 0.2) is 52.4 Å². The van der Waals surface area contributed by atoms with Crippen LogP contribution in [-0.4, -0.2) is 58.6 Å². The third kappa shape index (κ3) is 7.40. The molecule has 0 aliphatic rings. The van der Waals surface area contributed by atoms with Gasteiger partial charge in [-0.2, -0.15) is 0 Å². The first kappa shape index (κ1) is 24.4. The van der Waals surface area contributed by atoms with E-state index in [2.05, 4.69) is 15.6 Å². The number of hydrogen-bond acceptors (Lipinski definition) is 4. The van der Waals surface area contributed by atoms with Gasteiger partial charge in [-0.05, 0) is 55.2 Å². The first-order valence-electron chi connectivity index (χ1n) is 10.2. The summed E-state index contributed by atoms with van der Waals surface area (Å²) in [6, 6.07) is 12.9. The fourth-order valence-electron chi connectivity index (χ4n) is 3.18. The van der Waals surface area contributed by atoms with Gasteiger partial charge >= 0.3 is 0 Å². The maximum Gasteiger partial charge on any atom is 0.253 e. The smallest absolute Gasteiger partial charge is 0.253 e. The number of rotatable bonds is 8. The highest BCUT2D eigenvalue weighted by Gasteiger charge is 2.11. The molecular weight excluding hydrogens is 412 g/mol. The largest absolute Gasteiger partial charge is 0.357 e. The highest BCUT2D eigenvalue weighted by molar-refractivity contribution is 7.90. The van der Waals surface area contributed by atoms with Gasteiger partial charge in [-0.25, -0.2) is 13.4 Å². The van der Waals surface area contributed by atoms with Crippen molar-refractivity contribution < 1.29 is 13.2 Å². The molecule has 0 aliphatic heterocycles. The van der Waals surface area contributed by atoms with E-state index in [-0.39, 0.29) is 5.91 Å². The second kappa shape index (κ2) is 10.9. The molecule has 0 aliphatic carbocycles. The van der Waals surface area contributed by atoms with E-state index in [1.165, 1.54) is 6.26 Å². The normalized spacial score (nSPS) is 11.8. The molecule has 168 valence electrons. The standard InChI is InChI=1S/C23H32N4O3S/c1-6-24-23(26-16-19-10-11-21(17(2)14-19)31(5,29)30)25-13-12-18-8-7-9-20(15-18)22(28)27(3)4/h7-11,14-15H,6,12-13,16H2,1-5H3,(H2,24,25,26). The zero-order valence-electron chi connectivity index (χ0n) is 18.9. The third-order valence-corrected chi connectivity index (χ3v) is 5.95. The number of benzene rings is 2. The van der Waals surface area contributed by atoms with Crippen LogP contribution in [0, 0.1) is 6.92 Å². The zero-order chi connectivity index (χ0) is 23.0. The lowest BCUT2D eigenvalue weighted by Gasteiger charge is -2.13. The lowest BCUT2D eigenvalue weighted by Crippen LogP contribution is -2.38. The summed E-state index contributed by atoms with van der Waals surface area (Å²) in [4.78, 5) is 18.6. The van der Waals surface area contributed by atoms with Gasteiger partial charge in [0.2, 0.25) is 0 Å². The van der Waals surface area contributed by atoms with Crippen LogP contribution in [-0.2, 0) is 22.8 Å². The fraction of sp³-hybridized carbons (Fsp3) is 0.391. The van der Waals surface area contributed by atoms with E-state index >= 15 is 0 Å². The van der Waals surface area contributed by atoms with Gasteiger partial charge in [-0.15, -0.1) is 0 Å². The molecule has 0 saturated heterocycles. The summed E-state index contributed by atoms with van der Waals surface area (Å²) in [6.07, 6.45) is 1.97. The molecule has 0 saturated carbocycles. The molecule has 2 aromatic rings. The maximum atomic E-state index is 12.1. The Hall–Kier alpha value is -2.87. The summed E-state index contributed by atoms with van der Waals surface area (Å²) in [7, 11) is 0.258. The van der Waals surface area contributed by atoms with E-state index < -0.39 is 9.84 Å². The number of aryl methyl sites for hydroxylation is 1. The van der Waals surface area contributed by atoms with Crippen molar-refractivity contribution in [1.82, 2.24) is 15.5 Å². The molecular formula is C23H32N4O3S. The van der Waals surface area contributed by atoms with E-state index in [4.69, 9.17) is 0 Å². The quantitative estimate of drug-likeness (QED) is 0.482. The lowest BCUT2D eigenvalue weighted by atomic mass is 10.1. The van der Waals surface area contributed by atoms with E-state index in [9.17, 15) is 13.2 Å². The van der Waals surface area contributed by atoms with Gasteiger partial charge in [0.25, 0.3) is 5.91 Å². The number of aliphatic imine (C=N–C) groups is 1. The van der Waals surface area contributed by atoms with E-state index in [1.807, 2.05) is 37.3 Å². The highest BCUT2D eigenvalue weighted by atomic mass is 32.2. The molecule has 0 bridgehead atoms. The third-order valence-electron chi connectivity index (χ3n) is 4.69. The Morgan fingerprint density at radius 3 is 2.42 bits per heavy atom. The van der Waals surface area contributed by atoms with Crippen molar-refractivity contribution in [2.24, 2.45) is 4.99 Å². The molecule has 1 amide bonds. The van der Waals surface area contributed by atoms with Crippen LogP contribution in [0.4, 0.5) is 0 Å². The molecule has 2 rings (SSSR count). The van der Waals surface area contributed by atoms with Gasteiger partial charge in [-0.1, -0.05) is 24.3 Å². The van der Waals surface area contributed by atoms with Crippen molar-refractivity contribution in [2.45, 2.75) is 31.7 Å². The minimum Gasteiger partial charge on any atom is -0.357 e. The maximum absolute atomic E-state index is 12.1. The minimum absolute atomic E-state index is 0.0121. The Balaban J connectivity index is 2.00. The van der Waals surface area contributed by atoms with Crippen LogP contribution in [0.3, 0.4) is 0 Å². The van der Waals surface area contributed by atoms with Crippen LogP contribution >= 0.6 is 0 Å². The van der Waals surface area contributed by atoms with E-state index in [0.717, 1.165) is 29.7 Å². The summed E-state index contributed by atoms with van der Waals surface area (Å²) in [5, 5.41) is 6.52. The molecule has 7 nitrogen and oxygen atoms in total. The van der Waals surface area contributed by atoms with E-state index in [0.29, 0.717) is 29.5 Å². The Morgan fingerprint density at radius 1 is 1.06 bits per heavy atom. The molecule has 0 atom stereocenters. The Morgan fingerprint density at radius 2 is 1.81 bits per heavy atom.